The van der Waals surface area contributed by atoms with Crippen molar-refractivity contribution in [3.8, 4) is 5.75 Å². The second-order valence-electron chi connectivity index (χ2n) is 5.16. The Morgan fingerprint density at radius 1 is 1.27 bits per heavy atom. The molecule has 1 aliphatic rings. The van der Waals surface area contributed by atoms with Crippen molar-refractivity contribution in [1.82, 2.24) is 0 Å². The number of anilines is 1. The van der Waals surface area contributed by atoms with E-state index in [1.165, 1.54) is 0 Å². The molecule has 22 heavy (non-hydrogen) atoms. The molecule has 0 aliphatic carbocycles. The summed E-state index contributed by atoms with van der Waals surface area (Å²) in [6.07, 6.45) is 1.04. The fraction of sp³-hybridized carbons (Fsp3) is 0.529. The monoisotopic (exact) mass is 305 g/mol. The van der Waals surface area contributed by atoms with Crippen LogP contribution >= 0.6 is 0 Å². The van der Waals surface area contributed by atoms with Crippen LogP contribution in [0, 0.1) is 0 Å². The normalized spacial score (nSPS) is 15.2. The lowest BCUT2D eigenvalue weighted by Crippen LogP contribution is -2.35. The van der Waals surface area contributed by atoms with Gasteiger partial charge in [-0.3, -0.25) is 4.79 Å². The molecule has 2 rings (SSSR count). The third-order valence-corrected chi connectivity index (χ3v) is 3.79. The average molecular weight is 305 g/mol. The highest BCUT2D eigenvalue weighted by Gasteiger charge is 2.27. The summed E-state index contributed by atoms with van der Waals surface area (Å²) in [7, 11) is 0. The van der Waals surface area contributed by atoms with E-state index >= 15 is 0 Å². The van der Waals surface area contributed by atoms with Gasteiger partial charge in [-0.2, -0.15) is 0 Å². The van der Waals surface area contributed by atoms with Crippen LogP contribution in [-0.2, 0) is 20.7 Å². The zero-order valence-electron chi connectivity index (χ0n) is 13.4. The van der Waals surface area contributed by atoms with Crippen molar-refractivity contribution in [3.05, 3.63) is 23.8 Å². The molecular formula is C17H23NO4. The largest absolute Gasteiger partial charge is 0.478 e. The molecule has 1 unspecified atom stereocenters. The molecule has 1 aromatic rings. The Balaban J connectivity index is 2.28. The number of hydrogen-bond donors (Lipinski definition) is 0. The van der Waals surface area contributed by atoms with E-state index in [1.807, 2.05) is 32.0 Å². The summed E-state index contributed by atoms with van der Waals surface area (Å²) in [4.78, 5) is 25.7. The lowest BCUT2D eigenvalue weighted by atomic mass is 10.00. The summed E-state index contributed by atoms with van der Waals surface area (Å²) in [6.45, 7) is 6.58. The van der Waals surface area contributed by atoms with Gasteiger partial charge < -0.3 is 14.4 Å². The van der Waals surface area contributed by atoms with Crippen molar-refractivity contribution in [2.24, 2.45) is 0 Å². The molecule has 5 nitrogen and oxygen atoms in total. The van der Waals surface area contributed by atoms with Crippen LogP contribution < -0.4 is 9.64 Å². The summed E-state index contributed by atoms with van der Waals surface area (Å²) < 4.78 is 10.9. The predicted octanol–water partition coefficient (Wildman–Crippen LogP) is 2.71. The fourth-order valence-corrected chi connectivity index (χ4v) is 2.70. The Labute approximate surface area is 131 Å². The zero-order chi connectivity index (χ0) is 16.1. The number of esters is 1. The lowest BCUT2D eigenvalue weighted by Gasteiger charge is -2.30. The first-order valence-corrected chi connectivity index (χ1v) is 7.87. The Bertz CT molecular complexity index is 556. The highest BCUT2D eigenvalue weighted by atomic mass is 16.6. The molecule has 0 radical (unpaired) electrons. The van der Waals surface area contributed by atoms with Gasteiger partial charge in [0.2, 0.25) is 5.91 Å². The van der Waals surface area contributed by atoms with Gasteiger partial charge in [-0.25, -0.2) is 4.79 Å². The quantitative estimate of drug-likeness (QED) is 0.758. The number of amides is 1. The number of ether oxygens (including phenoxy) is 2. The topological polar surface area (TPSA) is 55.8 Å². The predicted molar refractivity (Wildman–Crippen MR) is 84.1 cm³/mol. The van der Waals surface area contributed by atoms with E-state index in [0.717, 1.165) is 11.3 Å². The van der Waals surface area contributed by atoms with Gasteiger partial charge in [0.05, 0.1) is 12.3 Å². The van der Waals surface area contributed by atoms with E-state index in [-0.39, 0.29) is 11.9 Å². The Morgan fingerprint density at radius 2 is 2.05 bits per heavy atom. The van der Waals surface area contributed by atoms with Crippen LogP contribution in [0.15, 0.2) is 18.2 Å². The molecule has 120 valence electrons. The van der Waals surface area contributed by atoms with Gasteiger partial charge in [0.15, 0.2) is 6.10 Å². The molecule has 0 fully saturated rings. The van der Waals surface area contributed by atoms with E-state index in [2.05, 4.69) is 0 Å². The third-order valence-electron chi connectivity index (χ3n) is 3.79. The number of carbonyl (C=O) groups is 2. The van der Waals surface area contributed by atoms with E-state index < -0.39 is 6.10 Å². The molecule has 0 spiro atoms. The highest BCUT2D eigenvalue weighted by molar-refractivity contribution is 5.96. The molecule has 0 bridgehead atoms. The lowest BCUT2D eigenvalue weighted by molar-refractivity contribution is -0.151. The maximum absolute atomic E-state index is 12.0. The number of benzene rings is 1. The smallest absolute Gasteiger partial charge is 0.347 e. The van der Waals surface area contributed by atoms with Crippen LogP contribution in [0.2, 0.25) is 0 Å². The van der Waals surface area contributed by atoms with Crippen LogP contribution in [0.3, 0.4) is 0 Å². The van der Waals surface area contributed by atoms with Crippen molar-refractivity contribution >= 4 is 17.6 Å². The number of nitrogens with zero attached hydrogens (tertiary/aromatic N) is 1. The first-order chi connectivity index (χ1) is 10.6. The average Bonchev–Trinajstić information content (AvgIpc) is 2.52. The molecule has 1 atom stereocenters. The van der Waals surface area contributed by atoms with Crippen molar-refractivity contribution in [3.63, 3.8) is 0 Å². The molecule has 0 saturated carbocycles. The van der Waals surface area contributed by atoms with E-state index in [1.54, 1.807) is 11.8 Å². The van der Waals surface area contributed by atoms with Gasteiger partial charge in [0, 0.05) is 18.5 Å². The molecule has 1 aromatic carbocycles. The van der Waals surface area contributed by atoms with Crippen molar-refractivity contribution in [1.29, 1.82) is 0 Å². The van der Waals surface area contributed by atoms with Crippen LogP contribution in [0.4, 0.5) is 5.69 Å². The van der Waals surface area contributed by atoms with Crippen LogP contribution in [0.25, 0.3) is 0 Å². The molecule has 5 heteroatoms. The minimum atomic E-state index is -0.612. The third kappa shape index (κ3) is 3.24. The summed E-state index contributed by atoms with van der Waals surface area (Å²) in [5.41, 5.74) is 1.88. The number of fused-ring (bicyclic) bond motifs is 1. The summed E-state index contributed by atoms with van der Waals surface area (Å²) in [5.74, 6) is 0.453. The summed E-state index contributed by atoms with van der Waals surface area (Å²) >= 11 is 0. The van der Waals surface area contributed by atoms with Crippen LogP contribution in [0.5, 0.6) is 5.75 Å². The molecule has 1 amide bonds. The van der Waals surface area contributed by atoms with Crippen molar-refractivity contribution in [2.75, 3.05) is 18.1 Å². The minimum Gasteiger partial charge on any atom is -0.478 e. The van der Waals surface area contributed by atoms with Crippen LogP contribution in [-0.4, -0.2) is 31.1 Å². The Hall–Kier alpha value is -2.04. The number of hydrogen-bond acceptors (Lipinski definition) is 4. The Kier molecular flexibility index (Phi) is 5.41. The maximum Gasteiger partial charge on any atom is 0.347 e. The van der Waals surface area contributed by atoms with Gasteiger partial charge in [-0.1, -0.05) is 13.0 Å². The minimum absolute atomic E-state index is 0.129. The maximum atomic E-state index is 12.0. The fourth-order valence-electron chi connectivity index (χ4n) is 2.70. The van der Waals surface area contributed by atoms with E-state index in [0.29, 0.717) is 38.2 Å². The van der Waals surface area contributed by atoms with Gasteiger partial charge in [0.25, 0.3) is 0 Å². The first-order valence-electron chi connectivity index (χ1n) is 7.87. The standard InChI is InChI=1S/C17H23NO4/c1-4-14(17(20)21-6-3)22-15-9-7-8-13-12(15)10-11-16(19)18(13)5-2/h7-9,14H,4-6,10-11H2,1-3H3. The van der Waals surface area contributed by atoms with Gasteiger partial charge >= 0.3 is 5.97 Å². The molecule has 0 N–H and O–H groups in total. The molecule has 1 heterocycles. The number of rotatable bonds is 6. The first kappa shape index (κ1) is 16.3. The molecule has 0 aromatic heterocycles. The second kappa shape index (κ2) is 7.29. The van der Waals surface area contributed by atoms with Gasteiger partial charge in [0.1, 0.15) is 5.75 Å². The Morgan fingerprint density at radius 3 is 2.68 bits per heavy atom. The molecule has 1 aliphatic heterocycles. The summed E-state index contributed by atoms with van der Waals surface area (Å²) in [5, 5.41) is 0. The van der Waals surface area contributed by atoms with E-state index in [4.69, 9.17) is 9.47 Å². The van der Waals surface area contributed by atoms with Crippen molar-refractivity contribution < 1.29 is 19.1 Å². The highest BCUT2D eigenvalue weighted by Crippen LogP contribution is 2.35. The zero-order valence-corrected chi connectivity index (χ0v) is 13.4. The number of carbonyl (C=O) groups excluding carboxylic acids is 2. The second-order valence-corrected chi connectivity index (χ2v) is 5.16. The van der Waals surface area contributed by atoms with Crippen LogP contribution in [0.1, 0.15) is 39.2 Å². The van der Waals surface area contributed by atoms with Crippen molar-refractivity contribution in [2.45, 2.75) is 46.1 Å². The van der Waals surface area contributed by atoms with Gasteiger partial charge in [-0.15, -0.1) is 0 Å². The summed E-state index contributed by atoms with van der Waals surface area (Å²) in [6, 6.07) is 5.63. The molecular weight excluding hydrogens is 282 g/mol. The van der Waals surface area contributed by atoms with E-state index in [9.17, 15) is 9.59 Å². The van der Waals surface area contributed by atoms with Gasteiger partial charge in [-0.05, 0) is 38.8 Å². The SMILES string of the molecule is CCOC(=O)C(CC)Oc1cccc2c1CCC(=O)N2CC. The molecule has 0 saturated heterocycles.